The predicted molar refractivity (Wildman–Crippen MR) is 147 cm³/mol. The molecule has 1 aliphatic rings. The fourth-order valence-corrected chi connectivity index (χ4v) is 5.45. The van der Waals surface area contributed by atoms with E-state index in [1.165, 1.54) is 28.3 Å². The van der Waals surface area contributed by atoms with E-state index in [0.29, 0.717) is 34.3 Å². The van der Waals surface area contributed by atoms with Crippen molar-refractivity contribution in [2.75, 3.05) is 18.5 Å². The van der Waals surface area contributed by atoms with Crippen LogP contribution in [-0.4, -0.2) is 59.6 Å². The standard InChI is InChI=1S/C25H28N7O6PS/c1-3-9-37-39(34,35)38-16-31-13-17(12-27-31)25-29-22(15-40-25)24(33)28-21-14-32(18-10-19(11-18)36-4-2)30-23(21)20-7-5-6-8-26-20/h3,5-8,12-15,18-19H,1,4,9-11,16H2,2H3,(H,28,33)(H,34,35). The summed E-state index contributed by atoms with van der Waals surface area (Å²) >= 11 is 1.26. The lowest BCUT2D eigenvalue weighted by molar-refractivity contribution is -0.0226. The average Bonchev–Trinajstić information content (AvgIpc) is 3.69. The third-order valence-corrected chi connectivity index (χ3v) is 7.87. The summed E-state index contributed by atoms with van der Waals surface area (Å²) in [5.74, 6) is -0.392. The Kier molecular flexibility index (Phi) is 8.64. The molecular weight excluding hydrogens is 557 g/mol. The highest BCUT2D eigenvalue weighted by atomic mass is 32.1. The van der Waals surface area contributed by atoms with E-state index in [9.17, 15) is 14.3 Å². The second-order valence-corrected chi connectivity index (χ2v) is 11.2. The largest absolute Gasteiger partial charge is 0.474 e. The van der Waals surface area contributed by atoms with Gasteiger partial charge in [-0.25, -0.2) is 14.2 Å². The van der Waals surface area contributed by atoms with E-state index < -0.39 is 13.7 Å². The SMILES string of the molecule is C=CCOP(=O)(O)OCn1cc(-c2nc(C(=O)Nc3cn(C4CC(OCC)C4)nc3-c3ccccn3)cs2)cn1. The maximum absolute atomic E-state index is 13.2. The van der Waals surface area contributed by atoms with Gasteiger partial charge in [0.1, 0.15) is 16.4 Å². The maximum Gasteiger partial charge on any atom is 0.474 e. The summed E-state index contributed by atoms with van der Waals surface area (Å²) < 4.78 is 30.3. The normalized spacial score (nSPS) is 18.1. The molecule has 4 aromatic rings. The summed E-state index contributed by atoms with van der Waals surface area (Å²) in [6.07, 6.45) is 9.89. The lowest BCUT2D eigenvalue weighted by Crippen LogP contribution is -2.33. The van der Waals surface area contributed by atoms with Crippen molar-refractivity contribution in [2.45, 2.75) is 38.6 Å². The van der Waals surface area contributed by atoms with Crippen molar-refractivity contribution in [1.29, 1.82) is 0 Å². The number of aromatic nitrogens is 6. The van der Waals surface area contributed by atoms with Crippen LogP contribution in [0.25, 0.3) is 22.0 Å². The number of amides is 1. The number of hydrogen-bond donors (Lipinski definition) is 2. The number of ether oxygens (including phenoxy) is 1. The van der Waals surface area contributed by atoms with Gasteiger partial charge in [0.25, 0.3) is 5.91 Å². The quantitative estimate of drug-likeness (QED) is 0.169. The highest BCUT2D eigenvalue weighted by Gasteiger charge is 2.32. The Bertz CT molecular complexity index is 1510. The first kappa shape index (κ1) is 28.0. The molecule has 13 nitrogen and oxygen atoms in total. The first-order valence-electron chi connectivity index (χ1n) is 12.5. The van der Waals surface area contributed by atoms with Gasteiger partial charge >= 0.3 is 7.82 Å². The summed E-state index contributed by atoms with van der Waals surface area (Å²) in [6.45, 7) is 5.65. The lowest BCUT2D eigenvalue weighted by atomic mass is 9.89. The molecule has 0 aromatic carbocycles. The number of carbonyl (C=O) groups is 1. The predicted octanol–water partition coefficient (Wildman–Crippen LogP) is 4.53. The molecule has 0 saturated heterocycles. The molecule has 1 fully saturated rings. The second kappa shape index (κ2) is 12.3. The molecule has 1 amide bonds. The van der Waals surface area contributed by atoms with E-state index in [2.05, 4.69) is 27.0 Å². The third kappa shape index (κ3) is 6.61. The van der Waals surface area contributed by atoms with Crippen molar-refractivity contribution in [1.82, 2.24) is 29.5 Å². The fraction of sp³-hybridized carbons (Fsp3) is 0.320. The highest BCUT2D eigenvalue weighted by Crippen LogP contribution is 2.43. The summed E-state index contributed by atoms with van der Waals surface area (Å²) in [6, 6.07) is 5.72. The van der Waals surface area contributed by atoms with Crippen LogP contribution in [0.2, 0.25) is 0 Å². The zero-order valence-corrected chi connectivity index (χ0v) is 23.3. The molecule has 15 heteroatoms. The van der Waals surface area contributed by atoms with Crippen LogP contribution in [0.4, 0.5) is 5.69 Å². The van der Waals surface area contributed by atoms with E-state index in [1.807, 2.05) is 36.0 Å². The molecule has 2 N–H and O–H groups in total. The fourth-order valence-electron chi connectivity index (χ4n) is 4.05. The number of nitrogens with zero attached hydrogens (tertiary/aromatic N) is 6. The van der Waals surface area contributed by atoms with Crippen LogP contribution in [0.1, 0.15) is 36.3 Å². The molecular formula is C25H28N7O6PS. The Morgan fingerprint density at radius 3 is 2.92 bits per heavy atom. The zero-order chi connectivity index (χ0) is 28.1. The monoisotopic (exact) mass is 585 g/mol. The van der Waals surface area contributed by atoms with Crippen LogP contribution in [0.5, 0.6) is 0 Å². The van der Waals surface area contributed by atoms with E-state index in [0.717, 1.165) is 12.8 Å². The molecule has 1 aliphatic carbocycles. The van der Waals surface area contributed by atoms with Gasteiger partial charge in [-0.2, -0.15) is 10.2 Å². The van der Waals surface area contributed by atoms with Gasteiger partial charge in [0.2, 0.25) is 0 Å². The van der Waals surface area contributed by atoms with Crippen molar-refractivity contribution in [3.05, 3.63) is 66.7 Å². The van der Waals surface area contributed by atoms with E-state index in [1.54, 1.807) is 17.8 Å². The highest BCUT2D eigenvalue weighted by molar-refractivity contribution is 7.47. The minimum absolute atomic E-state index is 0.124. The van der Waals surface area contributed by atoms with Crippen molar-refractivity contribution in [3.8, 4) is 22.0 Å². The Morgan fingerprint density at radius 2 is 2.17 bits per heavy atom. The molecule has 1 atom stereocenters. The molecule has 4 aromatic heterocycles. The molecule has 1 saturated carbocycles. The van der Waals surface area contributed by atoms with Gasteiger partial charge in [-0.3, -0.25) is 23.5 Å². The van der Waals surface area contributed by atoms with Gasteiger partial charge in [0.15, 0.2) is 6.73 Å². The summed E-state index contributed by atoms with van der Waals surface area (Å²) in [5, 5.41) is 14.0. The molecule has 210 valence electrons. The smallest absolute Gasteiger partial charge is 0.378 e. The first-order chi connectivity index (χ1) is 19.3. The number of phosphoric ester groups is 1. The zero-order valence-electron chi connectivity index (χ0n) is 21.6. The lowest BCUT2D eigenvalue weighted by Gasteiger charge is -2.34. The molecule has 0 bridgehead atoms. The topological polar surface area (TPSA) is 156 Å². The van der Waals surface area contributed by atoms with Crippen molar-refractivity contribution in [2.24, 2.45) is 0 Å². The van der Waals surface area contributed by atoms with Crippen molar-refractivity contribution in [3.63, 3.8) is 0 Å². The molecule has 0 radical (unpaired) electrons. The van der Waals surface area contributed by atoms with Crippen molar-refractivity contribution < 1.29 is 28.0 Å². The number of pyridine rings is 1. The first-order valence-corrected chi connectivity index (χ1v) is 14.9. The van der Waals surface area contributed by atoms with Gasteiger partial charge in [0, 0.05) is 36.1 Å². The van der Waals surface area contributed by atoms with Crippen LogP contribution in [0.15, 0.2) is 61.0 Å². The third-order valence-electron chi connectivity index (χ3n) is 6.06. The van der Waals surface area contributed by atoms with Gasteiger partial charge in [-0.1, -0.05) is 12.1 Å². The minimum Gasteiger partial charge on any atom is -0.378 e. The van der Waals surface area contributed by atoms with Gasteiger partial charge in [-0.05, 0) is 31.9 Å². The van der Waals surface area contributed by atoms with Crippen LogP contribution in [0, 0.1) is 0 Å². The molecule has 0 aliphatic heterocycles. The van der Waals surface area contributed by atoms with Crippen LogP contribution in [0.3, 0.4) is 0 Å². The Morgan fingerprint density at radius 1 is 1.32 bits per heavy atom. The number of anilines is 1. The second-order valence-electron chi connectivity index (χ2n) is 8.86. The summed E-state index contributed by atoms with van der Waals surface area (Å²) in [4.78, 5) is 31.7. The van der Waals surface area contributed by atoms with Crippen molar-refractivity contribution >= 4 is 30.8 Å². The van der Waals surface area contributed by atoms with E-state index in [-0.39, 0.29) is 31.2 Å². The maximum atomic E-state index is 13.2. The Hall–Kier alpha value is -3.52. The van der Waals surface area contributed by atoms with Crippen LogP contribution < -0.4 is 5.32 Å². The number of rotatable bonds is 13. The average molecular weight is 586 g/mol. The van der Waals surface area contributed by atoms with Crippen LogP contribution in [-0.2, 0) is 25.1 Å². The number of hydrogen-bond acceptors (Lipinski definition) is 10. The Balaban J connectivity index is 1.27. The number of phosphoric acid groups is 1. The van der Waals surface area contributed by atoms with E-state index >= 15 is 0 Å². The van der Waals surface area contributed by atoms with Crippen LogP contribution >= 0.6 is 19.2 Å². The van der Waals surface area contributed by atoms with Gasteiger partial charge in [-0.15, -0.1) is 17.9 Å². The van der Waals surface area contributed by atoms with E-state index in [4.69, 9.17) is 18.9 Å². The molecule has 4 heterocycles. The molecule has 5 rings (SSSR count). The number of nitrogens with one attached hydrogen (secondary N) is 1. The molecule has 40 heavy (non-hydrogen) atoms. The number of carbonyl (C=O) groups excluding carboxylic acids is 1. The number of thiazole rings is 1. The molecule has 0 spiro atoms. The van der Waals surface area contributed by atoms with Gasteiger partial charge < -0.3 is 14.9 Å². The summed E-state index contributed by atoms with van der Waals surface area (Å²) in [5.41, 5.74) is 2.59. The van der Waals surface area contributed by atoms with Gasteiger partial charge in [0.05, 0.1) is 36.3 Å². The summed E-state index contributed by atoms with van der Waals surface area (Å²) in [7, 11) is -4.23. The minimum atomic E-state index is -4.23. The molecule has 1 unspecified atom stereocenters. The Labute approximate surface area is 234 Å².